The SMILES string of the molecule is CC(C)NCCCCS(=O)(=O)Nc1c(F)cccc1Cl. The number of nitrogens with one attached hydrogen (secondary N) is 2. The van der Waals surface area contributed by atoms with Crippen LogP contribution in [0.25, 0.3) is 0 Å². The van der Waals surface area contributed by atoms with E-state index in [4.69, 9.17) is 11.6 Å². The summed E-state index contributed by atoms with van der Waals surface area (Å²) < 4.78 is 39.4. The Bertz CT molecular complexity index is 515. The molecule has 0 saturated carbocycles. The van der Waals surface area contributed by atoms with E-state index in [0.717, 1.165) is 19.0 Å². The molecule has 7 heteroatoms. The zero-order valence-electron chi connectivity index (χ0n) is 11.6. The van der Waals surface area contributed by atoms with Crippen LogP contribution in [0, 0.1) is 5.82 Å². The fourth-order valence-corrected chi connectivity index (χ4v) is 3.08. The van der Waals surface area contributed by atoms with Crippen molar-refractivity contribution < 1.29 is 12.8 Å². The molecule has 0 fully saturated rings. The van der Waals surface area contributed by atoms with Gasteiger partial charge in [-0.25, -0.2) is 12.8 Å². The molecule has 0 aromatic heterocycles. The maximum absolute atomic E-state index is 13.5. The second-order valence-corrected chi connectivity index (χ2v) is 7.08. The number of halogens is 2. The number of hydrogen-bond donors (Lipinski definition) is 2. The first-order valence-corrected chi connectivity index (χ1v) is 8.53. The van der Waals surface area contributed by atoms with Crippen molar-refractivity contribution in [2.45, 2.75) is 32.7 Å². The van der Waals surface area contributed by atoms with Crippen LogP contribution in [-0.4, -0.2) is 26.8 Å². The first-order valence-electron chi connectivity index (χ1n) is 6.50. The van der Waals surface area contributed by atoms with Crippen LogP contribution in [0.2, 0.25) is 5.02 Å². The Kier molecular flexibility index (Phi) is 6.71. The number of sulfonamides is 1. The molecule has 114 valence electrons. The van der Waals surface area contributed by atoms with Gasteiger partial charge < -0.3 is 5.32 Å². The first kappa shape index (κ1) is 17.2. The van der Waals surface area contributed by atoms with Gasteiger partial charge in [0.1, 0.15) is 11.5 Å². The molecular formula is C13H20ClFN2O2S. The van der Waals surface area contributed by atoms with E-state index in [-0.39, 0.29) is 16.5 Å². The smallest absolute Gasteiger partial charge is 0.232 e. The zero-order valence-corrected chi connectivity index (χ0v) is 13.2. The van der Waals surface area contributed by atoms with Gasteiger partial charge in [0.2, 0.25) is 10.0 Å². The van der Waals surface area contributed by atoms with Gasteiger partial charge in [0, 0.05) is 6.04 Å². The van der Waals surface area contributed by atoms with Gasteiger partial charge in [-0.2, -0.15) is 0 Å². The van der Waals surface area contributed by atoms with E-state index >= 15 is 0 Å². The molecule has 0 aliphatic carbocycles. The highest BCUT2D eigenvalue weighted by Gasteiger charge is 2.15. The topological polar surface area (TPSA) is 58.2 Å². The van der Waals surface area contributed by atoms with Crippen LogP contribution in [0.4, 0.5) is 10.1 Å². The van der Waals surface area contributed by atoms with E-state index in [0.29, 0.717) is 12.5 Å². The van der Waals surface area contributed by atoms with Gasteiger partial charge in [0.25, 0.3) is 0 Å². The summed E-state index contributed by atoms with van der Waals surface area (Å²) in [5.41, 5.74) is -0.186. The highest BCUT2D eigenvalue weighted by atomic mass is 35.5. The summed E-state index contributed by atoms with van der Waals surface area (Å²) in [6, 6.07) is 4.40. The largest absolute Gasteiger partial charge is 0.315 e. The lowest BCUT2D eigenvalue weighted by molar-refractivity contribution is 0.560. The predicted octanol–water partition coefficient (Wildman–Crippen LogP) is 3.00. The zero-order chi connectivity index (χ0) is 15.2. The third kappa shape index (κ3) is 6.07. The molecule has 1 aromatic carbocycles. The minimum atomic E-state index is -3.58. The van der Waals surface area contributed by atoms with Crippen molar-refractivity contribution in [3.63, 3.8) is 0 Å². The number of benzene rings is 1. The Morgan fingerprint density at radius 1 is 1.30 bits per heavy atom. The fraction of sp³-hybridized carbons (Fsp3) is 0.538. The molecule has 4 nitrogen and oxygen atoms in total. The van der Waals surface area contributed by atoms with Gasteiger partial charge in [0.15, 0.2) is 0 Å². The second kappa shape index (κ2) is 7.81. The van der Waals surface area contributed by atoms with Crippen LogP contribution in [0.3, 0.4) is 0 Å². The van der Waals surface area contributed by atoms with E-state index in [1.54, 1.807) is 0 Å². The minimum absolute atomic E-state index is 0.0510. The van der Waals surface area contributed by atoms with Crippen molar-refractivity contribution in [3.05, 3.63) is 29.0 Å². The molecule has 0 radical (unpaired) electrons. The lowest BCUT2D eigenvalue weighted by Crippen LogP contribution is -2.24. The van der Waals surface area contributed by atoms with Gasteiger partial charge in [0.05, 0.1) is 10.8 Å². The summed E-state index contributed by atoms with van der Waals surface area (Å²) in [5.74, 6) is -0.736. The number of para-hydroxylation sites is 1. The van der Waals surface area contributed by atoms with E-state index in [1.165, 1.54) is 12.1 Å². The maximum Gasteiger partial charge on any atom is 0.232 e. The van der Waals surface area contributed by atoms with Crippen molar-refractivity contribution in [1.29, 1.82) is 0 Å². The molecule has 1 rings (SSSR count). The molecule has 0 atom stereocenters. The third-order valence-electron chi connectivity index (χ3n) is 2.61. The lowest BCUT2D eigenvalue weighted by atomic mass is 10.3. The number of hydrogen-bond acceptors (Lipinski definition) is 3. The summed E-state index contributed by atoms with van der Waals surface area (Å²) in [5, 5.41) is 3.25. The summed E-state index contributed by atoms with van der Waals surface area (Å²) >= 11 is 5.78. The monoisotopic (exact) mass is 322 g/mol. The number of unbranched alkanes of at least 4 members (excludes halogenated alkanes) is 1. The van der Waals surface area contributed by atoms with Crippen LogP contribution in [0.1, 0.15) is 26.7 Å². The van der Waals surface area contributed by atoms with E-state index in [1.807, 2.05) is 13.8 Å². The Labute approximate surface area is 124 Å². The van der Waals surface area contributed by atoms with E-state index in [9.17, 15) is 12.8 Å². The molecule has 1 aromatic rings. The standard InChI is InChI=1S/C13H20ClFN2O2S/c1-10(2)16-8-3-4-9-20(18,19)17-13-11(14)6-5-7-12(13)15/h5-7,10,16-17H,3-4,8-9H2,1-2H3. The van der Waals surface area contributed by atoms with Crippen molar-refractivity contribution in [2.75, 3.05) is 17.0 Å². The summed E-state index contributed by atoms with van der Waals surface area (Å²) in [6.45, 7) is 4.81. The molecule has 0 saturated heterocycles. The average Bonchev–Trinajstić information content (AvgIpc) is 2.33. The molecule has 0 aliphatic rings. The molecule has 20 heavy (non-hydrogen) atoms. The molecule has 0 amide bonds. The quantitative estimate of drug-likeness (QED) is 0.723. The Hall–Kier alpha value is -0.850. The fourth-order valence-electron chi connectivity index (χ4n) is 1.61. The Morgan fingerprint density at radius 2 is 2.00 bits per heavy atom. The molecule has 0 bridgehead atoms. The van der Waals surface area contributed by atoms with Gasteiger partial charge in [-0.3, -0.25) is 4.72 Å². The maximum atomic E-state index is 13.5. The van der Waals surface area contributed by atoms with Crippen molar-refractivity contribution in [1.82, 2.24) is 5.32 Å². The number of anilines is 1. The van der Waals surface area contributed by atoms with E-state index < -0.39 is 15.8 Å². The van der Waals surface area contributed by atoms with Crippen LogP contribution >= 0.6 is 11.6 Å². The van der Waals surface area contributed by atoms with Crippen molar-refractivity contribution >= 4 is 27.3 Å². The van der Waals surface area contributed by atoms with Crippen LogP contribution in [0.15, 0.2) is 18.2 Å². The van der Waals surface area contributed by atoms with Gasteiger partial charge in [-0.05, 0) is 31.5 Å². The first-order chi connectivity index (χ1) is 9.32. The van der Waals surface area contributed by atoms with Gasteiger partial charge in [-0.15, -0.1) is 0 Å². The molecule has 0 aliphatic heterocycles. The van der Waals surface area contributed by atoms with Crippen LogP contribution in [-0.2, 0) is 10.0 Å². The number of rotatable bonds is 8. The normalized spacial score (nSPS) is 11.8. The van der Waals surface area contributed by atoms with Gasteiger partial charge >= 0.3 is 0 Å². The second-order valence-electron chi connectivity index (χ2n) is 4.83. The average molecular weight is 323 g/mol. The van der Waals surface area contributed by atoms with Gasteiger partial charge in [-0.1, -0.05) is 31.5 Å². The summed E-state index contributed by atoms with van der Waals surface area (Å²) in [6.07, 6.45) is 1.24. The van der Waals surface area contributed by atoms with Crippen LogP contribution in [0.5, 0.6) is 0 Å². The van der Waals surface area contributed by atoms with Crippen LogP contribution < -0.4 is 10.0 Å². The molecule has 2 N–H and O–H groups in total. The van der Waals surface area contributed by atoms with E-state index in [2.05, 4.69) is 10.0 Å². The van der Waals surface area contributed by atoms with Crippen molar-refractivity contribution in [3.8, 4) is 0 Å². The summed E-state index contributed by atoms with van der Waals surface area (Å²) in [7, 11) is -3.58. The molecule has 0 heterocycles. The minimum Gasteiger partial charge on any atom is -0.315 e. The molecule has 0 spiro atoms. The highest BCUT2D eigenvalue weighted by molar-refractivity contribution is 7.92. The predicted molar refractivity (Wildman–Crippen MR) is 81.2 cm³/mol. The Balaban J connectivity index is 2.50. The lowest BCUT2D eigenvalue weighted by Gasteiger charge is -2.11. The van der Waals surface area contributed by atoms with Crippen molar-refractivity contribution in [2.24, 2.45) is 0 Å². The Morgan fingerprint density at radius 3 is 2.60 bits per heavy atom. The highest BCUT2D eigenvalue weighted by Crippen LogP contribution is 2.25. The molecule has 0 unspecified atom stereocenters. The molecular weight excluding hydrogens is 303 g/mol. The summed E-state index contributed by atoms with van der Waals surface area (Å²) in [4.78, 5) is 0. The third-order valence-corrected chi connectivity index (χ3v) is 4.27.